The van der Waals surface area contributed by atoms with Crippen molar-refractivity contribution in [2.45, 2.75) is 30.5 Å². The highest BCUT2D eigenvalue weighted by Crippen LogP contribution is 2.32. The van der Waals surface area contributed by atoms with Crippen molar-refractivity contribution in [1.29, 1.82) is 0 Å². The Balaban J connectivity index is 2.24. The molecule has 1 aromatic carbocycles. The summed E-state index contributed by atoms with van der Waals surface area (Å²) in [4.78, 5) is 0. The fraction of sp³-hybridized carbons (Fsp3) is 0.500. The molecule has 1 saturated heterocycles. The largest absolute Gasteiger partial charge is 0.394 e. The lowest BCUT2D eigenvalue weighted by Crippen LogP contribution is -2.55. The molecule has 1 heterocycles. The molecule has 0 aliphatic carbocycles. The summed E-state index contributed by atoms with van der Waals surface area (Å²) in [5.74, 6) is 0. The van der Waals surface area contributed by atoms with Crippen LogP contribution in [0.15, 0.2) is 18.2 Å². The second kappa shape index (κ2) is 5.52. The van der Waals surface area contributed by atoms with E-state index in [1.807, 2.05) is 0 Å². The molecule has 6 heteroatoms. The highest BCUT2D eigenvalue weighted by molar-refractivity contribution is 6.30. The maximum atomic E-state index is 9.88. The van der Waals surface area contributed by atoms with Crippen molar-refractivity contribution >= 4 is 11.6 Å². The van der Waals surface area contributed by atoms with E-state index in [2.05, 4.69) is 6.07 Å². The molecular weight excluding hydrogens is 260 g/mol. The lowest BCUT2D eigenvalue weighted by atomic mass is 9.91. The van der Waals surface area contributed by atoms with Crippen LogP contribution in [-0.2, 0) is 4.74 Å². The molecule has 4 N–H and O–H groups in total. The van der Waals surface area contributed by atoms with Crippen molar-refractivity contribution in [3.8, 4) is 0 Å². The lowest BCUT2D eigenvalue weighted by Gasteiger charge is -2.40. The molecule has 2 rings (SSSR count). The topological polar surface area (TPSA) is 90.2 Å². The summed E-state index contributed by atoms with van der Waals surface area (Å²) in [6, 6.07) is 7.49. The van der Waals surface area contributed by atoms with Crippen LogP contribution in [0.4, 0.5) is 0 Å². The van der Waals surface area contributed by atoms with Crippen LogP contribution in [0.3, 0.4) is 0 Å². The molecule has 0 unspecified atom stereocenters. The van der Waals surface area contributed by atoms with Gasteiger partial charge in [-0.25, -0.2) is 0 Å². The summed E-state index contributed by atoms with van der Waals surface area (Å²) in [6.45, 7) is -0.446. The highest BCUT2D eigenvalue weighted by atomic mass is 35.5. The van der Waals surface area contributed by atoms with Crippen LogP contribution in [0.2, 0.25) is 5.02 Å². The van der Waals surface area contributed by atoms with Gasteiger partial charge < -0.3 is 25.2 Å². The van der Waals surface area contributed by atoms with Crippen LogP contribution in [0.25, 0.3) is 0 Å². The van der Waals surface area contributed by atoms with E-state index in [1.165, 1.54) is 6.07 Å². The minimum Gasteiger partial charge on any atom is -0.394 e. The molecule has 0 aromatic heterocycles. The van der Waals surface area contributed by atoms with Crippen LogP contribution in [0, 0.1) is 6.07 Å². The Bertz CT molecular complexity index is 394. The van der Waals surface area contributed by atoms with E-state index < -0.39 is 37.1 Å². The molecule has 1 aliphatic rings. The van der Waals surface area contributed by atoms with Gasteiger partial charge in [-0.1, -0.05) is 17.7 Å². The fourth-order valence-corrected chi connectivity index (χ4v) is 2.09. The smallest absolute Gasteiger partial charge is 0.113 e. The number of halogens is 1. The maximum absolute atomic E-state index is 9.88. The molecule has 18 heavy (non-hydrogen) atoms. The van der Waals surface area contributed by atoms with Crippen molar-refractivity contribution < 1.29 is 25.2 Å². The Labute approximate surface area is 109 Å². The van der Waals surface area contributed by atoms with E-state index in [0.29, 0.717) is 10.6 Å². The Morgan fingerprint density at radius 3 is 2.44 bits per heavy atom. The van der Waals surface area contributed by atoms with Crippen molar-refractivity contribution in [2.24, 2.45) is 0 Å². The van der Waals surface area contributed by atoms with Crippen LogP contribution in [0.5, 0.6) is 0 Å². The normalized spacial score (nSPS) is 36.6. The van der Waals surface area contributed by atoms with Crippen molar-refractivity contribution in [1.82, 2.24) is 0 Å². The number of rotatable bonds is 2. The average Bonchev–Trinajstić information content (AvgIpc) is 2.38. The predicted octanol–water partition coefficient (Wildman–Crippen LogP) is -0.345. The average molecular weight is 274 g/mol. The first kappa shape index (κ1) is 13.7. The third-order valence-corrected chi connectivity index (χ3v) is 3.25. The minimum absolute atomic E-state index is 0.420. The molecule has 1 aromatic rings. The highest BCUT2D eigenvalue weighted by Gasteiger charge is 2.43. The first-order valence-corrected chi connectivity index (χ1v) is 5.90. The van der Waals surface area contributed by atoms with Crippen LogP contribution >= 0.6 is 11.6 Å². The standard InChI is InChI=1S/C12H14ClO5/c13-7-3-1-6(2-4-7)12-11(17)10(16)9(15)8(5-14)18-12/h1-3,8-12,14-17H,5H2/t8-,9+,10-,11+,12-/m0/s1. The number of ether oxygens (including phenoxy) is 1. The Kier molecular flexibility index (Phi) is 4.21. The van der Waals surface area contributed by atoms with Crippen LogP contribution in [0.1, 0.15) is 11.7 Å². The van der Waals surface area contributed by atoms with E-state index in [-0.39, 0.29) is 0 Å². The summed E-state index contributed by atoms with van der Waals surface area (Å²) in [7, 11) is 0. The fourth-order valence-electron chi connectivity index (χ4n) is 1.97. The summed E-state index contributed by atoms with van der Waals surface area (Å²) in [5, 5.41) is 38.7. The third-order valence-electron chi connectivity index (χ3n) is 3.02. The summed E-state index contributed by atoms with van der Waals surface area (Å²) >= 11 is 5.71. The summed E-state index contributed by atoms with van der Waals surface area (Å²) in [6.07, 6.45) is -5.76. The van der Waals surface area contributed by atoms with Gasteiger partial charge in [0.2, 0.25) is 0 Å². The molecule has 0 saturated carbocycles. The van der Waals surface area contributed by atoms with Crippen LogP contribution in [-0.4, -0.2) is 51.4 Å². The molecule has 5 atom stereocenters. The van der Waals surface area contributed by atoms with Gasteiger partial charge >= 0.3 is 0 Å². The van der Waals surface area contributed by atoms with Gasteiger partial charge in [-0.05, 0) is 17.7 Å². The molecule has 1 fully saturated rings. The van der Waals surface area contributed by atoms with Gasteiger partial charge in [0.1, 0.15) is 30.5 Å². The number of hydrogen-bond acceptors (Lipinski definition) is 5. The molecule has 0 bridgehead atoms. The molecule has 0 spiro atoms. The number of aliphatic hydroxyl groups is 4. The molecule has 99 valence electrons. The first-order valence-electron chi connectivity index (χ1n) is 5.52. The van der Waals surface area contributed by atoms with Gasteiger partial charge in [-0.15, -0.1) is 0 Å². The summed E-state index contributed by atoms with van der Waals surface area (Å²) in [5.41, 5.74) is 0.566. The molecule has 1 aliphatic heterocycles. The second-order valence-corrected chi connectivity index (χ2v) is 4.63. The number of benzene rings is 1. The first-order chi connectivity index (χ1) is 8.54. The number of aliphatic hydroxyl groups excluding tert-OH is 4. The van der Waals surface area contributed by atoms with Crippen molar-refractivity contribution in [2.75, 3.05) is 6.61 Å². The van der Waals surface area contributed by atoms with Gasteiger partial charge in [0.25, 0.3) is 0 Å². The Morgan fingerprint density at radius 1 is 1.17 bits per heavy atom. The minimum atomic E-state index is -1.38. The van der Waals surface area contributed by atoms with Gasteiger partial charge in [0.15, 0.2) is 0 Å². The van der Waals surface area contributed by atoms with Crippen molar-refractivity contribution in [3.63, 3.8) is 0 Å². The Hall–Kier alpha value is -0.690. The van der Waals surface area contributed by atoms with Crippen LogP contribution < -0.4 is 0 Å². The van der Waals surface area contributed by atoms with Gasteiger partial charge in [0.05, 0.1) is 6.61 Å². The predicted molar refractivity (Wildman–Crippen MR) is 63.0 cm³/mol. The SMILES string of the molecule is OC[C@@H]1O[C@@H](c2c[c]c(Cl)cc2)[C@H](O)[C@@H](O)[C@@H]1O. The second-order valence-electron chi connectivity index (χ2n) is 4.22. The maximum Gasteiger partial charge on any atom is 0.113 e. The van der Waals surface area contributed by atoms with Gasteiger partial charge in [-0.3, -0.25) is 0 Å². The van der Waals surface area contributed by atoms with Gasteiger partial charge in [-0.2, -0.15) is 0 Å². The number of hydrogen-bond donors (Lipinski definition) is 4. The monoisotopic (exact) mass is 273 g/mol. The quantitative estimate of drug-likeness (QED) is 0.592. The Morgan fingerprint density at radius 2 is 1.89 bits per heavy atom. The van der Waals surface area contributed by atoms with Gasteiger partial charge in [0, 0.05) is 11.1 Å². The summed E-state index contributed by atoms with van der Waals surface area (Å²) < 4.78 is 5.38. The molecular formula is C12H14ClO5. The van der Waals surface area contributed by atoms with Crippen molar-refractivity contribution in [3.05, 3.63) is 34.9 Å². The zero-order valence-corrected chi connectivity index (χ0v) is 10.2. The van der Waals surface area contributed by atoms with E-state index in [4.69, 9.17) is 21.4 Å². The lowest BCUT2D eigenvalue weighted by molar-refractivity contribution is -0.231. The van der Waals surface area contributed by atoms with E-state index in [0.717, 1.165) is 0 Å². The van der Waals surface area contributed by atoms with E-state index in [1.54, 1.807) is 12.1 Å². The van der Waals surface area contributed by atoms with E-state index in [9.17, 15) is 15.3 Å². The molecule has 1 radical (unpaired) electrons. The third kappa shape index (κ3) is 2.51. The zero-order valence-electron chi connectivity index (χ0n) is 9.40. The molecule has 0 amide bonds. The van der Waals surface area contributed by atoms with E-state index >= 15 is 0 Å². The zero-order chi connectivity index (χ0) is 13.3. The molecule has 5 nitrogen and oxygen atoms in total.